The number of hydrogen-bond acceptors (Lipinski definition) is 4. The molecular formula is C22H27ClN2O4S. The van der Waals surface area contributed by atoms with E-state index in [2.05, 4.69) is 4.72 Å². The lowest BCUT2D eigenvalue weighted by Gasteiger charge is -2.32. The van der Waals surface area contributed by atoms with E-state index in [0.717, 1.165) is 24.8 Å². The van der Waals surface area contributed by atoms with Gasteiger partial charge in [-0.1, -0.05) is 29.3 Å². The van der Waals surface area contributed by atoms with Crippen molar-refractivity contribution in [3.63, 3.8) is 0 Å². The average molecular weight is 451 g/mol. The first-order valence-electron chi connectivity index (χ1n) is 9.99. The summed E-state index contributed by atoms with van der Waals surface area (Å²) in [6.07, 6.45) is 2.47. The zero-order chi connectivity index (χ0) is 21.7. The molecule has 1 fully saturated rings. The van der Waals surface area contributed by atoms with Crippen LogP contribution in [0.2, 0.25) is 5.02 Å². The number of nitrogens with zero attached hydrogens (tertiary/aromatic N) is 1. The summed E-state index contributed by atoms with van der Waals surface area (Å²) < 4.78 is 32.7. The summed E-state index contributed by atoms with van der Waals surface area (Å²) >= 11 is 6.03. The molecule has 3 rings (SSSR count). The number of methoxy groups -OCH3 is 1. The molecular weight excluding hydrogens is 424 g/mol. The number of halogens is 1. The lowest BCUT2D eigenvalue weighted by atomic mass is 9.93. The van der Waals surface area contributed by atoms with Crippen LogP contribution >= 0.6 is 11.6 Å². The summed E-state index contributed by atoms with van der Waals surface area (Å²) in [5, 5.41) is 0.256. The summed E-state index contributed by atoms with van der Waals surface area (Å²) in [6.45, 7) is 3.73. The van der Waals surface area contributed by atoms with Crippen molar-refractivity contribution < 1.29 is 17.9 Å². The van der Waals surface area contributed by atoms with E-state index in [1.165, 1.54) is 25.3 Å². The normalized spacial score (nSPS) is 15.2. The predicted octanol–water partition coefficient (Wildman–Crippen LogP) is 3.88. The molecule has 0 saturated carbocycles. The average Bonchev–Trinajstić information content (AvgIpc) is 2.74. The van der Waals surface area contributed by atoms with Crippen LogP contribution < -0.4 is 9.46 Å². The Morgan fingerprint density at radius 1 is 1.17 bits per heavy atom. The highest BCUT2D eigenvalue weighted by Crippen LogP contribution is 2.27. The largest absolute Gasteiger partial charge is 0.495 e. The maximum Gasteiger partial charge on any atom is 0.253 e. The zero-order valence-corrected chi connectivity index (χ0v) is 18.8. The van der Waals surface area contributed by atoms with Crippen molar-refractivity contribution >= 4 is 27.5 Å². The number of rotatable bonds is 7. The minimum atomic E-state index is -3.63. The lowest BCUT2D eigenvalue weighted by Crippen LogP contribution is -2.39. The van der Waals surface area contributed by atoms with Gasteiger partial charge in [0, 0.05) is 25.2 Å². The number of ether oxygens (including phenoxy) is 1. The van der Waals surface area contributed by atoms with Gasteiger partial charge in [0.1, 0.15) is 5.75 Å². The number of carbonyl (C=O) groups is 1. The number of carbonyl (C=O) groups excluding carboxylic acids is 1. The number of hydrogen-bond donors (Lipinski definition) is 1. The SMILES string of the molecule is COc1ccc(S(=O)(=O)NCCC2CCN(C(=O)c3ccc(C)cc3)CC2)cc1Cl. The molecule has 1 saturated heterocycles. The number of nitrogens with one attached hydrogen (secondary N) is 1. The van der Waals surface area contributed by atoms with Gasteiger partial charge in [-0.2, -0.15) is 0 Å². The van der Waals surface area contributed by atoms with Crippen LogP contribution in [0.4, 0.5) is 0 Å². The van der Waals surface area contributed by atoms with Crippen LogP contribution in [0.25, 0.3) is 0 Å². The Morgan fingerprint density at radius 3 is 2.43 bits per heavy atom. The van der Waals surface area contributed by atoms with Gasteiger partial charge in [0.05, 0.1) is 17.0 Å². The number of piperidine rings is 1. The highest BCUT2D eigenvalue weighted by atomic mass is 35.5. The van der Waals surface area contributed by atoms with E-state index in [-0.39, 0.29) is 15.8 Å². The topological polar surface area (TPSA) is 75.7 Å². The van der Waals surface area contributed by atoms with Gasteiger partial charge in [-0.25, -0.2) is 13.1 Å². The Kier molecular flexibility index (Phi) is 7.39. The molecule has 0 atom stereocenters. The quantitative estimate of drug-likeness (QED) is 0.694. The molecule has 0 bridgehead atoms. The Labute approximate surface area is 183 Å². The fourth-order valence-corrected chi connectivity index (χ4v) is 4.99. The number of amides is 1. The fraction of sp³-hybridized carbons (Fsp3) is 0.409. The van der Waals surface area contributed by atoms with E-state index in [9.17, 15) is 13.2 Å². The van der Waals surface area contributed by atoms with E-state index >= 15 is 0 Å². The van der Waals surface area contributed by atoms with Crippen LogP contribution in [0.5, 0.6) is 5.75 Å². The van der Waals surface area contributed by atoms with Gasteiger partial charge in [0.2, 0.25) is 10.0 Å². The van der Waals surface area contributed by atoms with Crippen molar-refractivity contribution in [1.82, 2.24) is 9.62 Å². The molecule has 0 aromatic heterocycles. The Hall–Kier alpha value is -2.09. The number of sulfonamides is 1. The molecule has 1 amide bonds. The Balaban J connectivity index is 1.47. The molecule has 0 unspecified atom stereocenters. The maximum atomic E-state index is 12.6. The minimum Gasteiger partial charge on any atom is -0.495 e. The summed E-state index contributed by atoms with van der Waals surface area (Å²) in [7, 11) is -2.15. The fourth-order valence-electron chi connectivity index (χ4n) is 3.60. The molecule has 2 aromatic rings. The summed E-state index contributed by atoms with van der Waals surface area (Å²) in [6, 6.07) is 12.0. The van der Waals surface area contributed by atoms with Gasteiger partial charge < -0.3 is 9.64 Å². The third-order valence-corrected chi connectivity index (χ3v) is 7.23. The van der Waals surface area contributed by atoms with E-state index in [4.69, 9.17) is 16.3 Å². The van der Waals surface area contributed by atoms with Gasteiger partial charge >= 0.3 is 0 Å². The van der Waals surface area contributed by atoms with Crippen LogP contribution in [-0.4, -0.2) is 46.0 Å². The first-order valence-corrected chi connectivity index (χ1v) is 11.9. The first-order chi connectivity index (χ1) is 14.3. The molecule has 0 aliphatic carbocycles. The van der Waals surface area contributed by atoms with Crippen LogP contribution in [0.15, 0.2) is 47.4 Å². The minimum absolute atomic E-state index is 0.0607. The summed E-state index contributed by atoms with van der Waals surface area (Å²) in [5.41, 5.74) is 1.84. The van der Waals surface area contributed by atoms with E-state index in [1.807, 2.05) is 36.1 Å². The molecule has 1 heterocycles. The maximum absolute atomic E-state index is 12.6. The standard InChI is InChI=1S/C22H27ClN2O4S/c1-16-3-5-18(6-4-16)22(26)25-13-10-17(11-14-25)9-12-24-30(27,28)19-7-8-21(29-2)20(23)15-19/h3-8,15,17,24H,9-14H2,1-2H3. The van der Waals surface area contributed by atoms with Gasteiger partial charge in [0.15, 0.2) is 0 Å². The Bertz CT molecular complexity index is 985. The van der Waals surface area contributed by atoms with E-state index < -0.39 is 10.0 Å². The van der Waals surface area contributed by atoms with Gasteiger partial charge in [-0.15, -0.1) is 0 Å². The molecule has 1 N–H and O–H groups in total. The third kappa shape index (κ3) is 5.53. The van der Waals surface area contributed by atoms with Gasteiger partial charge in [-0.05, 0) is 62.4 Å². The highest BCUT2D eigenvalue weighted by molar-refractivity contribution is 7.89. The van der Waals surface area contributed by atoms with Gasteiger partial charge in [0.25, 0.3) is 5.91 Å². The van der Waals surface area contributed by atoms with Crippen LogP contribution in [-0.2, 0) is 10.0 Å². The van der Waals surface area contributed by atoms with E-state index in [1.54, 1.807) is 0 Å². The number of likely N-dealkylation sites (tertiary alicyclic amines) is 1. The molecule has 6 nitrogen and oxygen atoms in total. The number of aryl methyl sites for hydroxylation is 1. The molecule has 1 aliphatic rings. The van der Waals surface area contributed by atoms with Crippen LogP contribution in [0.1, 0.15) is 35.2 Å². The predicted molar refractivity (Wildman–Crippen MR) is 118 cm³/mol. The smallest absolute Gasteiger partial charge is 0.253 e. The van der Waals surface area contributed by atoms with Crippen molar-refractivity contribution in [2.24, 2.45) is 5.92 Å². The third-order valence-electron chi connectivity index (χ3n) is 5.48. The lowest BCUT2D eigenvalue weighted by molar-refractivity contribution is 0.0687. The summed E-state index contributed by atoms with van der Waals surface area (Å²) in [5.74, 6) is 0.877. The van der Waals surface area contributed by atoms with Crippen molar-refractivity contribution in [2.75, 3.05) is 26.7 Å². The highest BCUT2D eigenvalue weighted by Gasteiger charge is 2.24. The molecule has 2 aromatic carbocycles. The number of benzene rings is 2. The van der Waals surface area contributed by atoms with Crippen molar-refractivity contribution in [3.8, 4) is 5.75 Å². The molecule has 30 heavy (non-hydrogen) atoms. The monoisotopic (exact) mass is 450 g/mol. The second kappa shape index (κ2) is 9.81. The molecule has 0 radical (unpaired) electrons. The Morgan fingerprint density at radius 2 is 1.83 bits per heavy atom. The molecule has 0 spiro atoms. The van der Waals surface area contributed by atoms with E-state index in [0.29, 0.717) is 36.9 Å². The zero-order valence-electron chi connectivity index (χ0n) is 17.2. The molecule has 1 aliphatic heterocycles. The van der Waals surface area contributed by atoms with Gasteiger partial charge in [-0.3, -0.25) is 4.79 Å². The van der Waals surface area contributed by atoms with Crippen LogP contribution in [0, 0.1) is 12.8 Å². The second-order valence-corrected chi connectivity index (χ2v) is 9.76. The van der Waals surface area contributed by atoms with Crippen molar-refractivity contribution in [3.05, 3.63) is 58.6 Å². The van der Waals surface area contributed by atoms with Crippen molar-refractivity contribution in [2.45, 2.75) is 31.1 Å². The first kappa shape index (κ1) is 22.6. The summed E-state index contributed by atoms with van der Waals surface area (Å²) in [4.78, 5) is 14.6. The molecule has 8 heteroatoms. The van der Waals surface area contributed by atoms with Crippen molar-refractivity contribution in [1.29, 1.82) is 0 Å². The molecule has 162 valence electrons. The van der Waals surface area contributed by atoms with Crippen LogP contribution in [0.3, 0.4) is 0 Å². The second-order valence-electron chi connectivity index (χ2n) is 7.58.